The van der Waals surface area contributed by atoms with Crippen LogP contribution in [0.15, 0.2) is 109 Å². The fourth-order valence-electron chi connectivity index (χ4n) is 4.55. The molecule has 2 atom stereocenters. The van der Waals surface area contributed by atoms with Gasteiger partial charge in [-0.15, -0.1) is 0 Å². The first-order valence-corrected chi connectivity index (χ1v) is 12.8. The van der Waals surface area contributed by atoms with Gasteiger partial charge in [0.25, 0.3) is 0 Å². The Bertz CT molecular complexity index is 1070. The van der Waals surface area contributed by atoms with E-state index in [0.29, 0.717) is 25.3 Å². The van der Waals surface area contributed by atoms with Gasteiger partial charge in [-0.25, -0.2) is 0 Å². The van der Waals surface area contributed by atoms with Crippen LogP contribution < -0.4 is 20.1 Å². The average Bonchev–Trinajstić information content (AvgIpc) is 2.94. The summed E-state index contributed by atoms with van der Waals surface area (Å²) in [5.74, 6) is 1.82. The molecule has 4 aromatic carbocycles. The molecule has 1 saturated heterocycles. The summed E-state index contributed by atoms with van der Waals surface area (Å²) >= 11 is 0. The maximum Gasteiger partial charge on any atom is 0.119 e. The Morgan fingerprint density at radius 1 is 0.472 bits per heavy atom. The Kier molecular flexibility index (Phi) is 8.30. The van der Waals surface area contributed by atoms with Crippen molar-refractivity contribution in [1.82, 2.24) is 10.6 Å². The van der Waals surface area contributed by atoms with Gasteiger partial charge in [-0.1, -0.05) is 84.9 Å². The van der Waals surface area contributed by atoms with E-state index in [0.717, 1.165) is 37.4 Å². The van der Waals surface area contributed by atoms with Crippen LogP contribution in [0.2, 0.25) is 0 Å². The second-order valence-corrected chi connectivity index (χ2v) is 9.46. The van der Waals surface area contributed by atoms with Crippen LogP contribution >= 0.6 is 0 Å². The molecule has 1 heterocycles. The van der Waals surface area contributed by atoms with Gasteiger partial charge in [0, 0.05) is 25.2 Å². The summed E-state index contributed by atoms with van der Waals surface area (Å²) in [6.45, 7) is 3.13. The van der Waals surface area contributed by atoms with E-state index in [-0.39, 0.29) is 0 Å². The maximum absolute atomic E-state index is 5.91. The Morgan fingerprint density at radius 3 is 1.22 bits per heavy atom. The molecule has 1 fully saturated rings. The van der Waals surface area contributed by atoms with Crippen molar-refractivity contribution in [2.45, 2.75) is 38.1 Å². The van der Waals surface area contributed by atoms with Crippen molar-refractivity contribution in [3.05, 3.63) is 131 Å². The third kappa shape index (κ3) is 7.20. The molecule has 0 aliphatic carbocycles. The van der Waals surface area contributed by atoms with E-state index < -0.39 is 0 Å². The van der Waals surface area contributed by atoms with Gasteiger partial charge in [-0.3, -0.25) is 0 Å². The lowest BCUT2D eigenvalue weighted by molar-refractivity contribution is 0.305. The first kappa shape index (κ1) is 24.1. The minimum absolute atomic E-state index is 0.436. The van der Waals surface area contributed by atoms with Crippen LogP contribution in [-0.2, 0) is 26.1 Å². The molecule has 2 N–H and O–H groups in total. The number of rotatable bonds is 10. The normalized spacial score (nSPS) is 17.4. The van der Waals surface area contributed by atoms with Crippen molar-refractivity contribution in [3.63, 3.8) is 0 Å². The van der Waals surface area contributed by atoms with Gasteiger partial charge < -0.3 is 20.1 Å². The third-order valence-electron chi connectivity index (χ3n) is 6.61. The topological polar surface area (TPSA) is 42.5 Å². The zero-order valence-electron chi connectivity index (χ0n) is 20.6. The first-order valence-electron chi connectivity index (χ1n) is 12.8. The van der Waals surface area contributed by atoms with E-state index in [4.69, 9.17) is 9.47 Å². The predicted octanol–water partition coefficient (Wildman–Crippen LogP) is 5.56. The number of piperazine rings is 1. The molecule has 1 aliphatic heterocycles. The SMILES string of the molecule is c1ccc(COc2ccc(C[C@H]3CN[C@@H](Cc4ccc(OCc5ccccc5)cc4)CN3)cc2)cc1. The van der Waals surface area contributed by atoms with Gasteiger partial charge in [0.2, 0.25) is 0 Å². The zero-order chi connectivity index (χ0) is 24.4. The summed E-state index contributed by atoms with van der Waals surface area (Å²) in [4.78, 5) is 0. The second-order valence-electron chi connectivity index (χ2n) is 9.46. The van der Waals surface area contributed by atoms with Crippen molar-refractivity contribution in [1.29, 1.82) is 0 Å². The Hall–Kier alpha value is -3.60. The summed E-state index contributed by atoms with van der Waals surface area (Å²) in [6.07, 6.45) is 2.01. The number of benzene rings is 4. The van der Waals surface area contributed by atoms with Gasteiger partial charge in [0.15, 0.2) is 0 Å². The van der Waals surface area contributed by atoms with E-state index in [1.54, 1.807) is 0 Å². The molecule has 184 valence electrons. The van der Waals surface area contributed by atoms with E-state index >= 15 is 0 Å². The zero-order valence-corrected chi connectivity index (χ0v) is 20.6. The highest BCUT2D eigenvalue weighted by Crippen LogP contribution is 2.18. The van der Waals surface area contributed by atoms with Gasteiger partial charge in [-0.05, 0) is 59.4 Å². The third-order valence-corrected chi connectivity index (χ3v) is 6.61. The van der Waals surface area contributed by atoms with E-state index in [9.17, 15) is 0 Å². The Labute approximate surface area is 214 Å². The summed E-state index contributed by atoms with van der Waals surface area (Å²) in [6, 6.07) is 38.4. The molecule has 4 aromatic rings. The van der Waals surface area contributed by atoms with Crippen LogP contribution in [0.5, 0.6) is 11.5 Å². The van der Waals surface area contributed by atoms with E-state index in [1.165, 1.54) is 22.3 Å². The highest BCUT2D eigenvalue weighted by molar-refractivity contribution is 5.30. The molecule has 1 aliphatic rings. The van der Waals surface area contributed by atoms with Crippen molar-refractivity contribution in [2.24, 2.45) is 0 Å². The fourth-order valence-corrected chi connectivity index (χ4v) is 4.55. The van der Waals surface area contributed by atoms with Crippen molar-refractivity contribution in [3.8, 4) is 11.5 Å². The Balaban J connectivity index is 1.02. The molecule has 0 bridgehead atoms. The summed E-state index contributed by atoms with van der Waals surface area (Å²) in [5, 5.41) is 7.46. The van der Waals surface area contributed by atoms with Crippen LogP contribution in [-0.4, -0.2) is 25.2 Å². The molecule has 0 spiro atoms. The molecule has 0 aromatic heterocycles. The molecule has 0 amide bonds. The lowest BCUT2D eigenvalue weighted by Crippen LogP contribution is -2.55. The number of hydrogen-bond acceptors (Lipinski definition) is 4. The molecule has 0 saturated carbocycles. The van der Waals surface area contributed by atoms with Gasteiger partial charge in [0.05, 0.1) is 0 Å². The summed E-state index contributed by atoms with van der Waals surface area (Å²) < 4.78 is 11.8. The van der Waals surface area contributed by atoms with Crippen LogP contribution in [0.3, 0.4) is 0 Å². The van der Waals surface area contributed by atoms with Crippen molar-refractivity contribution < 1.29 is 9.47 Å². The fraction of sp³-hybridized carbons (Fsp3) is 0.250. The molecular formula is C32H34N2O2. The van der Waals surface area contributed by atoms with Crippen molar-refractivity contribution >= 4 is 0 Å². The van der Waals surface area contributed by atoms with Gasteiger partial charge in [0.1, 0.15) is 24.7 Å². The Morgan fingerprint density at radius 2 is 0.861 bits per heavy atom. The van der Waals surface area contributed by atoms with Crippen LogP contribution in [0.25, 0.3) is 0 Å². The maximum atomic E-state index is 5.91. The minimum Gasteiger partial charge on any atom is -0.489 e. The number of nitrogens with one attached hydrogen (secondary N) is 2. The van der Waals surface area contributed by atoms with E-state index in [1.807, 2.05) is 36.4 Å². The lowest BCUT2D eigenvalue weighted by atomic mass is 10.00. The second kappa shape index (κ2) is 12.4. The highest BCUT2D eigenvalue weighted by Gasteiger charge is 2.20. The summed E-state index contributed by atoms with van der Waals surface area (Å²) in [7, 11) is 0. The average molecular weight is 479 g/mol. The molecule has 4 nitrogen and oxygen atoms in total. The highest BCUT2D eigenvalue weighted by atomic mass is 16.5. The minimum atomic E-state index is 0.436. The predicted molar refractivity (Wildman–Crippen MR) is 145 cm³/mol. The lowest BCUT2D eigenvalue weighted by Gasteiger charge is -2.31. The molecule has 36 heavy (non-hydrogen) atoms. The molecule has 0 radical (unpaired) electrons. The molecule has 0 unspecified atom stereocenters. The smallest absolute Gasteiger partial charge is 0.119 e. The quantitative estimate of drug-likeness (QED) is 0.313. The number of hydrogen-bond donors (Lipinski definition) is 2. The van der Waals surface area contributed by atoms with Crippen molar-refractivity contribution in [2.75, 3.05) is 13.1 Å². The van der Waals surface area contributed by atoms with E-state index in [2.05, 4.69) is 83.4 Å². The molecular weight excluding hydrogens is 444 g/mol. The van der Waals surface area contributed by atoms with Gasteiger partial charge >= 0.3 is 0 Å². The number of ether oxygens (including phenoxy) is 2. The van der Waals surface area contributed by atoms with Crippen LogP contribution in [0.1, 0.15) is 22.3 Å². The van der Waals surface area contributed by atoms with Gasteiger partial charge in [-0.2, -0.15) is 0 Å². The summed E-state index contributed by atoms with van der Waals surface area (Å²) in [5.41, 5.74) is 5.01. The first-order chi connectivity index (χ1) is 17.8. The molecule has 4 heteroatoms. The standard InChI is InChI=1S/C32H34N2O2/c1-3-7-27(8-4-1)23-35-31-15-11-25(12-16-31)19-29-21-34-30(22-33-29)20-26-13-17-32(18-14-26)36-24-28-9-5-2-6-10-28/h1-18,29-30,33-34H,19-24H2/t29-,30-/m0/s1. The monoisotopic (exact) mass is 478 g/mol. The van der Waals surface area contributed by atoms with Crippen LogP contribution in [0.4, 0.5) is 0 Å². The van der Waals surface area contributed by atoms with Crippen LogP contribution in [0, 0.1) is 0 Å². The largest absolute Gasteiger partial charge is 0.489 e. The molecule has 5 rings (SSSR count).